The molecule has 0 spiro atoms. The Morgan fingerprint density at radius 3 is 2.68 bits per heavy atom. The Labute approximate surface area is 152 Å². The molecule has 2 N–H and O–H groups in total. The van der Waals surface area contributed by atoms with E-state index in [2.05, 4.69) is 20.6 Å². The molecule has 0 bridgehead atoms. The second kappa shape index (κ2) is 7.70. The highest BCUT2D eigenvalue weighted by atomic mass is 35.5. The number of hydrogen-bond donors (Lipinski definition) is 2. The van der Waals surface area contributed by atoms with E-state index in [1.54, 1.807) is 38.3 Å². The number of carbonyl (C=O) groups excluding carboxylic acids is 1. The molecule has 1 aromatic carbocycles. The van der Waals surface area contributed by atoms with Crippen molar-refractivity contribution in [1.82, 2.24) is 9.97 Å². The van der Waals surface area contributed by atoms with Gasteiger partial charge in [-0.05, 0) is 38.0 Å². The molecule has 2 aromatic rings. The van der Waals surface area contributed by atoms with Gasteiger partial charge in [-0.3, -0.25) is 4.79 Å². The summed E-state index contributed by atoms with van der Waals surface area (Å²) >= 11 is 6.09. The van der Waals surface area contributed by atoms with Crippen molar-refractivity contribution in [3.8, 4) is 5.75 Å². The quantitative estimate of drug-likeness (QED) is 0.841. The molecular weight excluding hydrogens is 340 g/mol. The second-order valence-corrected chi connectivity index (χ2v) is 6.52. The molecule has 0 saturated heterocycles. The van der Waals surface area contributed by atoms with Gasteiger partial charge in [0, 0.05) is 17.8 Å². The van der Waals surface area contributed by atoms with Gasteiger partial charge < -0.3 is 15.4 Å². The summed E-state index contributed by atoms with van der Waals surface area (Å²) in [6, 6.07) is 7.19. The second-order valence-electron chi connectivity index (χ2n) is 6.11. The van der Waals surface area contributed by atoms with Gasteiger partial charge in [0.05, 0.1) is 12.1 Å². The van der Waals surface area contributed by atoms with Gasteiger partial charge in [0.15, 0.2) is 0 Å². The predicted molar refractivity (Wildman–Crippen MR) is 98.6 cm³/mol. The maximum Gasteiger partial charge on any atom is 0.274 e. The number of anilines is 2. The van der Waals surface area contributed by atoms with Crippen molar-refractivity contribution in [3.05, 3.63) is 40.8 Å². The zero-order valence-corrected chi connectivity index (χ0v) is 15.1. The van der Waals surface area contributed by atoms with Crippen LogP contribution in [-0.2, 0) is 0 Å². The van der Waals surface area contributed by atoms with E-state index in [4.69, 9.17) is 16.3 Å². The monoisotopic (exact) mass is 360 g/mol. The number of carbonyl (C=O) groups is 1. The number of nitrogens with one attached hydrogen (secondary N) is 2. The topological polar surface area (TPSA) is 76.1 Å². The first-order valence-electron chi connectivity index (χ1n) is 8.32. The summed E-state index contributed by atoms with van der Waals surface area (Å²) in [7, 11) is 1.54. The van der Waals surface area contributed by atoms with Crippen molar-refractivity contribution in [2.75, 3.05) is 17.7 Å². The molecule has 0 atom stereocenters. The van der Waals surface area contributed by atoms with Crippen LogP contribution in [0.5, 0.6) is 5.75 Å². The molecule has 1 aromatic heterocycles. The number of aromatic nitrogens is 2. The average Bonchev–Trinajstić information content (AvgIpc) is 3.07. The van der Waals surface area contributed by atoms with Gasteiger partial charge in [-0.25, -0.2) is 9.97 Å². The fourth-order valence-electron chi connectivity index (χ4n) is 2.98. The van der Waals surface area contributed by atoms with E-state index < -0.39 is 0 Å². The Kier molecular flexibility index (Phi) is 5.38. The van der Waals surface area contributed by atoms with E-state index >= 15 is 0 Å². The normalized spacial score (nSPS) is 14.4. The van der Waals surface area contributed by atoms with Crippen LogP contribution in [0.1, 0.15) is 42.0 Å². The number of benzene rings is 1. The molecule has 0 aliphatic heterocycles. The summed E-state index contributed by atoms with van der Waals surface area (Å²) in [5.74, 6) is 1.50. The van der Waals surface area contributed by atoms with Crippen molar-refractivity contribution in [3.63, 3.8) is 0 Å². The Bertz CT molecular complexity index is 776. The summed E-state index contributed by atoms with van der Waals surface area (Å²) in [6.07, 6.45) is 4.73. The third-order valence-corrected chi connectivity index (χ3v) is 4.48. The molecule has 1 aliphatic carbocycles. The highest BCUT2D eigenvalue weighted by Gasteiger charge is 2.17. The molecular formula is C18H21ClN4O2. The van der Waals surface area contributed by atoms with Crippen molar-refractivity contribution in [1.29, 1.82) is 0 Å². The minimum Gasteiger partial charge on any atom is -0.495 e. The van der Waals surface area contributed by atoms with Crippen LogP contribution in [0.15, 0.2) is 24.3 Å². The lowest BCUT2D eigenvalue weighted by Crippen LogP contribution is -2.19. The molecule has 1 aliphatic rings. The molecule has 7 heteroatoms. The Balaban J connectivity index is 1.74. The maximum atomic E-state index is 12.5. The molecule has 0 unspecified atom stereocenters. The molecule has 0 radical (unpaired) electrons. The highest BCUT2D eigenvalue weighted by molar-refractivity contribution is 6.32. The predicted octanol–water partition coefficient (Wildman–Crippen LogP) is 4.05. The summed E-state index contributed by atoms with van der Waals surface area (Å²) in [6.45, 7) is 1.78. The lowest BCUT2D eigenvalue weighted by Gasteiger charge is -2.14. The van der Waals surface area contributed by atoms with Crippen LogP contribution in [0.4, 0.5) is 11.5 Å². The van der Waals surface area contributed by atoms with Gasteiger partial charge in [-0.1, -0.05) is 24.4 Å². The number of nitrogens with zero attached hydrogens (tertiary/aromatic N) is 2. The zero-order valence-electron chi connectivity index (χ0n) is 14.3. The molecule has 25 heavy (non-hydrogen) atoms. The molecule has 3 rings (SSSR count). The first kappa shape index (κ1) is 17.5. The number of ether oxygens (including phenoxy) is 1. The van der Waals surface area contributed by atoms with Gasteiger partial charge in [-0.15, -0.1) is 0 Å². The van der Waals surface area contributed by atoms with Gasteiger partial charge in [0.2, 0.25) is 0 Å². The fraction of sp³-hybridized carbons (Fsp3) is 0.389. The van der Waals surface area contributed by atoms with Crippen LogP contribution in [0, 0.1) is 6.92 Å². The Hall–Kier alpha value is -2.34. The van der Waals surface area contributed by atoms with E-state index in [-0.39, 0.29) is 5.91 Å². The smallest absolute Gasteiger partial charge is 0.274 e. The summed E-state index contributed by atoms with van der Waals surface area (Å²) in [5, 5.41) is 6.63. The van der Waals surface area contributed by atoms with Gasteiger partial charge in [0.1, 0.15) is 23.1 Å². The minimum absolute atomic E-state index is 0.304. The molecule has 1 fully saturated rings. The third kappa shape index (κ3) is 4.39. The number of rotatable bonds is 5. The molecule has 1 amide bonds. The van der Waals surface area contributed by atoms with Crippen molar-refractivity contribution in [2.45, 2.75) is 38.6 Å². The SMILES string of the molecule is COc1ccc(NC(=O)c2cc(NC3CCCC3)nc(C)n2)cc1Cl. The van der Waals surface area contributed by atoms with Crippen molar-refractivity contribution < 1.29 is 9.53 Å². The van der Waals surface area contributed by atoms with Crippen LogP contribution < -0.4 is 15.4 Å². The van der Waals surface area contributed by atoms with Crippen LogP contribution in [-0.4, -0.2) is 29.0 Å². The van der Waals surface area contributed by atoms with Crippen LogP contribution in [0.2, 0.25) is 5.02 Å². The van der Waals surface area contributed by atoms with E-state index in [0.29, 0.717) is 39.8 Å². The summed E-state index contributed by atoms with van der Waals surface area (Å²) in [4.78, 5) is 21.1. The van der Waals surface area contributed by atoms with Crippen molar-refractivity contribution in [2.24, 2.45) is 0 Å². The van der Waals surface area contributed by atoms with Gasteiger partial charge in [0.25, 0.3) is 5.91 Å². The van der Waals surface area contributed by atoms with E-state index in [1.807, 2.05) is 0 Å². The van der Waals surface area contributed by atoms with Crippen LogP contribution in [0.3, 0.4) is 0 Å². The number of hydrogen-bond acceptors (Lipinski definition) is 5. The lowest BCUT2D eigenvalue weighted by molar-refractivity contribution is 0.102. The number of methoxy groups -OCH3 is 1. The first-order valence-corrected chi connectivity index (χ1v) is 8.70. The van der Waals surface area contributed by atoms with Crippen molar-refractivity contribution >= 4 is 29.0 Å². The molecule has 1 saturated carbocycles. The third-order valence-electron chi connectivity index (χ3n) is 4.19. The molecule has 1 heterocycles. The van der Waals surface area contributed by atoms with Gasteiger partial charge in [-0.2, -0.15) is 0 Å². The standard InChI is InChI=1S/C18H21ClN4O2/c1-11-20-15(10-17(21-11)22-12-5-3-4-6-12)18(24)23-13-7-8-16(25-2)14(19)9-13/h7-10,12H,3-6H2,1-2H3,(H,23,24)(H,20,21,22). The summed E-state index contributed by atoms with van der Waals surface area (Å²) in [5.41, 5.74) is 0.900. The molecule has 6 nitrogen and oxygen atoms in total. The number of amides is 1. The maximum absolute atomic E-state index is 12.5. The highest BCUT2D eigenvalue weighted by Crippen LogP contribution is 2.27. The van der Waals surface area contributed by atoms with Gasteiger partial charge >= 0.3 is 0 Å². The Morgan fingerprint density at radius 1 is 1.24 bits per heavy atom. The summed E-state index contributed by atoms with van der Waals surface area (Å²) < 4.78 is 5.11. The van der Waals surface area contributed by atoms with E-state index in [9.17, 15) is 4.79 Å². The van der Waals surface area contributed by atoms with E-state index in [0.717, 1.165) is 12.8 Å². The lowest BCUT2D eigenvalue weighted by atomic mass is 10.2. The number of aryl methyl sites for hydroxylation is 1. The first-order chi connectivity index (χ1) is 12.0. The fourth-order valence-corrected chi connectivity index (χ4v) is 3.23. The zero-order chi connectivity index (χ0) is 17.8. The average molecular weight is 361 g/mol. The van der Waals surface area contributed by atoms with Crippen LogP contribution >= 0.6 is 11.6 Å². The Morgan fingerprint density at radius 2 is 2.00 bits per heavy atom. The molecule has 132 valence electrons. The minimum atomic E-state index is -0.304. The van der Waals surface area contributed by atoms with E-state index in [1.165, 1.54) is 12.8 Å². The largest absolute Gasteiger partial charge is 0.495 e. The van der Waals surface area contributed by atoms with Crippen LogP contribution in [0.25, 0.3) is 0 Å². The number of halogens is 1.